The van der Waals surface area contributed by atoms with Crippen molar-refractivity contribution in [3.63, 3.8) is 0 Å². The van der Waals surface area contributed by atoms with Gasteiger partial charge in [0, 0.05) is 13.6 Å². The summed E-state index contributed by atoms with van der Waals surface area (Å²) in [5.74, 6) is -0.105. The Morgan fingerprint density at radius 3 is 2.41 bits per heavy atom. The molecule has 2 N–H and O–H groups in total. The number of methoxy groups -OCH3 is 1. The van der Waals surface area contributed by atoms with Crippen LogP contribution in [0.25, 0.3) is 0 Å². The number of aliphatic carboxylic acids is 1. The highest BCUT2D eigenvalue weighted by molar-refractivity contribution is 5.75. The highest BCUT2D eigenvalue weighted by atomic mass is 16.5. The van der Waals surface area contributed by atoms with Gasteiger partial charge in [-0.1, -0.05) is 6.92 Å². The summed E-state index contributed by atoms with van der Waals surface area (Å²) in [4.78, 5) is 23.8. The molecule has 0 fully saturated rings. The summed E-state index contributed by atoms with van der Waals surface area (Å²) in [6.45, 7) is 2.36. The molecular formula is C15H22N2O5. The monoisotopic (exact) mass is 310 g/mol. The zero-order valence-electron chi connectivity index (χ0n) is 13.0. The minimum absolute atomic E-state index is 0.153. The number of benzene rings is 1. The second-order valence-electron chi connectivity index (χ2n) is 4.88. The fourth-order valence-electron chi connectivity index (χ4n) is 1.71. The number of carboxylic acid groups (broad SMARTS) is 1. The van der Waals surface area contributed by atoms with Crippen LogP contribution in [0.3, 0.4) is 0 Å². The molecule has 0 spiro atoms. The molecule has 0 heterocycles. The van der Waals surface area contributed by atoms with Crippen LogP contribution in [0.4, 0.5) is 4.79 Å². The molecule has 122 valence electrons. The summed E-state index contributed by atoms with van der Waals surface area (Å²) in [6.07, 6.45) is 0. The van der Waals surface area contributed by atoms with Gasteiger partial charge in [0.05, 0.1) is 19.6 Å². The molecule has 0 saturated heterocycles. The van der Waals surface area contributed by atoms with E-state index in [1.807, 2.05) is 0 Å². The molecular weight excluding hydrogens is 288 g/mol. The Bertz CT molecular complexity index is 489. The third-order valence-corrected chi connectivity index (χ3v) is 3.02. The summed E-state index contributed by atoms with van der Waals surface area (Å²) in [6, 6.07) is 6.80. The van der Waals surface area contributed by atoms with Crippen LogP contribution in [0.2, 0.25) is 0 Å². The number of amides is 2. The van der Waals surface area contributed by atoms with Crippen LogP contribution >= 0.6 is 0 Å². The first-order valence-corrected chi connectivity index (χ1v) is 6.92. The van der Waals surface area contributed by atoms with Crippen molar-refractivity contribution in [3.8, 4) is 11.5 Å². The minimum Gasteiger partial charge on any atom is -0.497 e. The van der Waals surface area contributed by atoms with Crippen LogP contribution in [0.15, 0.2) is 24.3 Å². The third-order valence-electron chi connectivity index (χ3n) is 3.02. The lowest BCUT2D eigenvalue weighted by atomic mass is 10.2. The smallest absolute Gasteiger partial charge is 0.317 e. The van der Waals surface area contributed by atoms with Crippen molar-refractivity contribution >= 4 is 12.0 Å². The van der Waals surface area contributed by atoms with E-state index in [0.29, 0.717) is 18.9 Å². The molecule has 0 aliphatic rings. The molecule has 22 heavy (non-hydrogen) atoms. The maximum atomic E-state index is 11.7. The van der Waals surface area contributed by atoms with Crippen LogP contribution in [0, 0.1) is 5.92 Å². The van der Waals surface area contributed by atoms with Gasteiger partial charge in [0.15, 0.2) is 0 Å². The average Bonchev–Trinajstić information content (AvgIpc) is 2.51. The average molecular weight is 310 g/mol. The number of ether oxygens (including phenoxy) is 2. The van der Waals surface area contributed by atoms with Crippen molar-refractivity contribution in [2.75, 3.05) is 33.9 Å². The molecule has 1 aromatic rings. The van der Waals surface area contributed by atoms with Crippen molar-refractivity contribution in [1.82, 2.24) is 10.2 Å². The van der Waals surface area contributed by atoms with Crippen molar-refractivity contribution in [2.24, 2.45) is 5.92 Å². The van der Waals surface area contributed by atoms with Gasteiger partial charge in [-0.15, -0.1) is 0 Å². The number of hydrogen-bond donors (Lipinski definition) is 2. The van der Waals surface area contributed by atoms with Gasteiger partial charge >= 0.3 is 12.0 Å². The third kappa shape index (κ3) is 5.90. The first-order valence-electron chi connectivity index (χ1n) is 6.92. The van der Waals surface area contributed by atoms with E-state index in [-0.39, 0.29) is 12.6 Å². The molecule has 2 amide bonds. The maximum absolute atomic E-state index is 11.7. The van der Waals surface area contributed by atoms with E-state index in [0.717, 1.165) is 5.75 Å². The number of hydrogen-bond acceptors (Lipinski definition) is 4. The number of nitrogens with zero attached hydrogens (tertiary/aromatic N) is 1. The van der Waals surface area contributed by atoms with E-state index in [1.54, 1.807) is 45.3 Å². The highest BCUT2D eigenvalue weighted by Gasteiger charge is 2.16. The van der Waals surface area contributed by atoms with Crippen molar-refractivity contribution < 1.29 is 24.2 Å². The molecule has 1 rings (SSSR count). The molecule has 0 aliphatic heterocycles. The number of urea groups is 1. The Hall–Kier alpha value is -2.44. The van der Waals surface area contributed by atoms with Gasteiger partial charge in [-0.25, -0.2) is 4.79 Å². The Labute approximate surface area is 129 Å². The predicted molar refractivity (Wildman–Crippen MR) is 81.3 cm³/mol. The van der Waals surface area contributed by atoms with E-state index >= 15 is 0 Å². The van der Waals surface area contributed by atoms with E-state index in [2.05, 4.69) is 5.32 Å². The fourth-order valence-corrected chi connectivity index (χ4v) is 1.71. The van der Waals surface area contributed by atoms with E-state index < -0.39 is 11.9 Å². The van der Waals surface area contributed by atoms with E-state index in [4.69, 9.17) is 14.6 Å². The SMILES string of the molecule is COc1ccc(OCCNC(=O)N(C)CC(C)C(=O)O)cc1. The van der Waals surface area contributed by atoms with Crippen LogP contribution in [0.1, 0.15) is 6.92 Å². The van der Waals surface area contributed by atoms with Gasteiger partial charge in [-0.3, -0.25) is 4.79 Å². The first-order chi connectivity index (χ1) is 10.4. The standard InChI is InChI=1S/C15H22N2O5/c1-11(14(18)19)10-17(2)15(20)16-8-9-22-13-6-4-12(21-3)5-7-13/h4-7,11H,8-10H2,1-3H3,(H,16,20)(H,18,19). The van der Waals surface area contributed by atoms with Gasteiger partial charge in [0.25, 0.3) is 0 Å². The fraction of sp³-hybridized carbons (Fsp3) is 0.467. The second-order valence-corrected chi connectivity index (χ2v) is 4.88. The molecule has 0 saturated carbocycles. The molecule has 1 atom stereocenters. The van der Waals surface area contributed by atoms with Crippen LogP contribution < -0.4 is 14.8 Å². The Kier molecular flexibility index (Phi) is 7.01. The lowest BCUT2D eigenvalue weighted by Gasteiger charge is -2.20. The quantitative estimate of drug-likeness (QED) is 0.709. The second kappa shape index (κ2) is 8.76. The summed E-state index contributed by atoms with van der Waals surface area (Å²) in [5.41, 5.74) is 0. The summed E-state index contributed by atoms with van der Waals surface area (Å²) < 4.78 is 10.5. The van der Waals surface area contributed by atoms with Crippen LogP contribution in [-0.2, 0) is 4.79 Å². The van der Waals surface area contributed by atoms with Gasteiger partial charge in [-0.2, -0.15) is 0 Å². The lowest BCUT2D eigenvalue weighted by Crippen LogP contribution is -2.42. The predicted octanol–water partition coefficient (Wildman–Crippen LogP) is 1.44. The molecule has 1 unspecified atom stereocenters. The molecule has 0 radical (unpaired) electrons. The van der Waals surface area contributed by atoms with Crippen molar-refractivity contribution in [1.29, 1.82) is 0 Å². The number of carbonyl (C=O) groups excluding carboxylic acids is 1. The zero-order valence-corrected chi connectivity index (χ0v) is 13.0. The van der Waals surface area contributed by atoms with E-state index in [9.17, 15) is 9.59 Å². The topological polar surface area (TPSA) is 88.1 Å². The maximum Gasteiger partial charge on any atom is 0.317 e. The lowest BCUT2D eigenvalue weighted by molar-refractivity contribution is -0.141. The summed E-state index contributed by atoms with van der Waals surface area (Å²) in [5, 5.41) is 11.5. The molecule has 0 aromatic heterocycles. The van der Waals surface area contributed by atoms with Gasteiger partial charge in [0.1, 0.15) is 18.1 Å². The Morgan fingerprint density at radius 2 is 1.86 bits per heavy atom. The van der Waals surface area contributed by atoms with Crippen molar-refractivity contribution in [3.05, 3.63) is 24.3 Å². The molecule has 7 nitrogen and oxygen atoms in total. The van der Waals surface area contributed by atoms with Crippen LogP contribution in [-0.4, -0.2) is 55.9 Å². The number of nitrogens with one attached hydrogen (secondary N) is 1. The van der Waals surface area contributed by atoms with Crippen LogP contribution in [0.5, 0.6) is 11.5 Å². The van der Waals surface area contributed by atoms with Gasteiger partial charge < -0.3 is 24.8 Å². The highest BCUT2D eigenvalue weighted by Crippen LogP contribution is 2.16. The summed E-state index contributed by atoms with van der Waals surface area (Å²) >= 11 is 0. The molecule has 7 heteroatoms. The first kappa shape index (κ1) is 17.6. The van der Waals surface area contributed by atoms with Gasteiger partial charge in [-0.05, 0) is 24.3 Å². The largest absolute Gasteiger partial charge is 0.497 e. The normalized spacial score (nSPS) is 11.4. The van der Waals surface area contributed by atoms with Gasteiger partial charge in [0.2, 0.25) is 0 Å². The minimum atomic E-state index is -0.928. The van der Waals surface area contributed by atoms with Crippen molar-refractivity contribution in [2.45, 2.75) is 6.92 Å². The summed E-state index contributed by atoms with van der Waals surface area (Å²) in [7, 11) is 3.15. The Balaban J connectivity index is 2.25. The number of carbonyl (C=O) groups is 2. The van der Waals surface area contributed by atoms with E-state index in [1.165, 1.54) is 4.90 Å². The molecule has 1 aromatic carbocycles. The number of carboxylic acids is 1. The Morgan fingerprint density at radius 1 is 1.27 bits per heavy atom. The molecule has 0 aliphatic carbocycles. The number of rotatable bonds is 8. The zero-order chi connectivity index (χ0) is 16.5. The molecule has 0 bridgehead atoms.